The third-order valence-electron chi connectivity index (χ3n) is 3.04. The van der Waals surface area contributed by atoms with E-state index in [2.05, 4.69) is 39.1 Å². The summed E-state index contributed by atoms with van der Waals surface area (Å²) < 4.78 is 1.05. The summed E-state index contributed by atoms with van der Waals surface area (Å²) in [4.78, 5) is 0. The minimum atomic E-state index is 0.577. The van der Waals surface area contributed by atoms with E-state index in [0.29, 0.717) is 5.82 Å². The van der Waals surface area contributed by atoms with Gasteiger partial charge in [-0.1, -0.05) is 53.9 Å². The van der Waals surface area contributed by atoms with Crippen LogP contribution in [-0.2, 0) is 6.42 Å². The third kappa shape index (κ3) is 2.75. The molecule has 0 saturated carbocycles. The number of nitrogens with one attached hydrogen (secondary N) is 1. The number of halogens is 1. The first-order chi connectivity index (χ1) is 8.74. The molecular weight excluding hydrogens is 290 g/mol. The van der Waals surface area contributed by atoms with Crippen LogP contribution in [0.25, 0.3) is 11.1 Å². The Balaban J connectivity index is 2.32. The van der Waals surface area contributed by atoms with E-state index in [1.165, 1.54) is 12.8 Å². The predicted molar refractivity (Wildman–Crippen MR) is 79.4 cm³/mol. The maximum atomic E-state index is 5.98. The largest absolute Gasteiger partial charge is 0.382 e. The van der Waals surface area contributed by atoms with E-state index >= 15 is 0 Å². The van der Waals surface area contributed by atoms with Gasteiger partial charge < -0.3 is 5.73 Å². The number of nitrogens with two attached hydrogens (primary N) is 1. The smallest absolute Gasteiger partial charge is 0.153 e. The molecule has 96 valence electrons. The highest BCUT2D eigenvalue weighted by atomic mass is 79.9. The lowest BCUT2D eigenvalue weighted by atomic mass is 10.0. The summed E-state index contributed by atoms with van der Waals surface area (Å²) in [7, 11) is 0. The van der Waals surface area contributed by atoms with Crippen molar-refractivity contribution in [2.45, 2.75) is 32.6 Å². The van der Waals surface area contributed by atoms with Crippen LogP contribution < -0.4 is 5.73 Å². The van der Waals surface area contributed by atoms with Crippen molar-refractivity contribution in [2.75, 3.05) is 5.73 Å². The molecule has 0 aliphatic heterocycles. The van der Waals surface area contributed by atoms with Crippen LogP contribution in [0.5, 0.6) is 0 Å². The average molecular weight is 308 g/mol. The first-order valence-corrected chi connectivity index (χ1v) is 7.11. The second-order valence-electron chi connectivity index (χ2n) is 4.40. The first kappa shape index (κ1) is 13.1. The number of benzene rings is 1. The first-order valence-electron chi connectivity index (χ1n) is 6.31. The van der Waals surface area contributed by atoms with E-state index in [0.717, 1.165) is 34.1 Å². The summed E-state index contributed by atoms with van der Waals surface area (Å²) >= 11 is 3.57. The molecule has 0 aliphatic carbocycles. The fourth-order valence-electron chi connectivity index (χ4n) is 2.09. The Morgan fingerprint density at radius 1 is 1.28 bits per heavy atom. The topological polar surface area (TPSA) is 54.7 Å². The van der Waals surface area contributed by atoms with Gasteiger partial charge in [-0.25, -0.2) is 0 Å². The fourth-order valence-corrected chi connectivity index (χ4v) is 2.57. The zero-order valence-electron chi connectivity index (χ0n) is 10.5. The third-order valence-corrected chi connectivity index (χ3v) is 3.73. The number of hydrogen-bond donors (Lipinski definition) is 2. The standard InChI is InChI=1S/C14H18BrN3/c1-2-3-4-9-12-13(14(16)18-17-12)10-7-5-6-8-11(10)15/h5-8H,2-4,9H2,1H3,(H3,16,17,18). The minimum Gasteiger partial charge on any atom is -0.382 e. The van der Waals surface area contributed by atoms with Crippen LogP contribution in [0.2, 0.25) is 0 Å². The maximum absolute atomic E-state index is 5.98. The van der Waals surface area contributed by atoms with Crippen LogP contribution in [-0.4, -0.2) is 10.2 Å². The molecule has 0 amide bonds. The zero-order valence-corrected chi connectivity index (χ0v) is 12.1. The fraction of sp³-hybridized carbons (Fsp3) is 0.357. The number of aryl methyl sites for hydroxylation is 1. The number of unbranched alkanes of at least 4 members (excludes halogenated alkanes) is 2. The number of rotatable bonds is 5. The van der Waals surface area contributed by atoms with Gasteiger partial charge in [0.05, 0.1) is 0 Å². The molecule has 0 saturated heterocycles. The number of nitrogen functional groups attached to an aromatic ring is 1. The van der Waals surface area contributed by atoms with Crippen LogP contribution in [0, 0.1) is 0 Å². The molecule has 0 aliphatic rings. The molecule has 0 atom stereocenters. The van der Waals surface area contributed by atoms with Crippen molar-refractivity contribution in [1.82, 2.24) is 10.2 Å². The van der Waals surface area contributed by atoms with Gasteiger partial charge in [-0.05, 0) is 18.9 Å². The Bertz CT molecular complexity index is 520. The van der Waals surface area contributed by atoms with Gasteiger partial charge in [0, 0.05) is 21.3 Å². The van der Waals surface area contributed by atoms with Gasteiger partial charge in [0.1, 0.15) is 0 Å². The van der Waals surface area contributed by atoms with Crippen molar-refractivity contribution in [2.24, 2.45) is 0 Å². The van der Waals surface area contributed by atoms with E-state index in [-0.39, 0.29) is 0 Å². The van der Waals surface area contributed by atoms with Crippen molar-refractivity contribution < 1.29 is 0 Å². The van der Waals surface area contributed by atoms with Crippen molar-refractivity contribution in [1.29, 1.82) is 0 Å². The summed E-state index contributed by atoms with van der Waals surface area (Å²) in [5.41, 5.74) is 9.26. The SMILES string of the molecule is CCCCCc1[nH]nc(N)c1-c1ccccc1Br. The number of nitrogens with zero attached hydrogens (tertiary/aromatic N) is 1. The summed E-state index contributed by atoms with van der Waals surface area (Å²) in [5.74, 6) is 0.577. The Labute approximate surface area is 116 Å². The summed E-state index contributed by atoms with van der Waals surface area (Å²) in [6.45, 7) is 2.20. The number of hydrogen-bond acceptors (Lipinski definition) is 2. The Hall–Kier alpha value is -1.29. The normalized spacial score (nSPS) is 10.8. The van der Waals surface area contributed by atoms with Gasteiger partial charge >= 0.3 is 0 Å². The van der Waals surface area contributed by atoms with Crippen LogP contribution >= 0.6 is 15.9 Å². The molecule has 0 radical (unpaired) electrons. The molecule has 3 nitrogen and oxygen atoms in total. The second kappa shape index (κ2) is 6.05. The molecule has 0 bridgehead atoms. The maximum Gasteiger partial charge on any atom is 0.153 e. The van der Waals surface area contributed by atoms with Crippen LogP contribution in [0.3, 0.4) is 0 Å². The molecule has 0 unspecified atom stereocenters. The second-order valence-corrected chi connectivity index (χ2v) is 5.25. The average Bonchev–Trinajstić information content (AvgIpc) is 2.72. The molecule has 1 aromatic heterocycles. The van der Waals surface area contributed by atoms with Gasteiger partial charge in [0.25, 0.3) is 0 Å². The highest BCUT2D eigenvalue weighted by Gasteiger charge is 2.14. The van der Waals surface area contributed by atoms with Crippen molar-refractivity contribution in [3.05, 3.63) is 34.4 Å². The summed E-state index contributed by atoms with van der Waals surface area (Å²) in [6.07, 6.45) is 4.60. The molecule has 1 aromatic carbocycles. The number of aromatic nitrogens is 2. The van der Waals surface area contributed by atoms with E-state index < -0.39 is 0 Å². The summed E-state index contributed by atoms with van der Waals surface area (Å²) in [5, 5.41) is 7.21. The number of anilines is 1. The molecule has 2 rings (SSSR count). The lowest BCUT2D eigenvalue weighted by molar-refractivity contribution is 0.706. The molecule has 0 fully saturated rings. The van der Waals surface area contributed by atoms with Gasteiger partial charge in [-0.3, -0.25) is 5.10 Å². The molecular formula is C14H18BrN3. The lowest BCUT2D eigenvalue weighted by Crippen LogP contribution is -1.92. The van der Waals surface area contributed by atoms with Crippen LogP contribution in [0.1, 0.15) is 31.9 Å². The molecule has 18 heavy (non-hydrogen) atoms. The molecule has 4 heteroatoms. The minimum absolute atomic E-state index is 0.577. The highest BCUT2D eigenvalue weighted by molar-refractivity contribution is 9.10. The van der Waals surface area contributed by atoms with Gasteiger partial charge in [0.2, 0.25) is 0 Å². The van der Waals surface area contributed by atoms with Crippen molar-refractivity contribution >= 4 is 21.7 Å². The molecule has 2 aromatic rings. The van der Waals surface area contributed by atoms with Gasteiger partial charge in [-0.2, -0.15) is 5.10 Å². The van der Waals surface area contributed by atoms with Gasteiger partial charge in [-0.15, -0.1) is 0 Å². The molecule has 0 spiro atoms. The van der Waals surface area contributed by atoms with Crippen molar-refractivity contribution in [3.63, 3.8) is 0 Å². The zero-order chi connectivity index (χ0) is 13.0. The quantitative estimate of drug-likeness (QED) is 0.815. The van der Waals surface area contributed by atoms with Gasteiger partial charge in [0.15, 0.2) is 5.82 Å². The van der Waals surface area contributed by atoms with E-state index in [1.54, 1.807) is 0 Å². The lowest BCUT2D eigenvalue weighted by Gasteiger charge is -2.06. The van der Waals surface area contributed by atoms with E-state index in [1.807, 2.05) is 18.2 Å². The monoisotopic (exact) mass is 307 g/mol. The van der Waals surface area contributed by atoms with E-state index in [9.17, 15) is 0 Å². The van der Waals surface area contributed by atoms with Crippen LogP contribution in [0.4, 0.5) is 5.82 Å². The predicted octanol–water partition coefficient (Wildman–Crippen LogP) is 4.15. The molecule has 3 N–H and O–H groups in total. The van der Waals surface area contributed by atoms with Crippen molar-refractivity contribution in [3.8, 4) is 11.1 Å². The van der Waals surface area contributed by atoms with Crippen LogP contribution in [0.15, 0.2) is 28.7 Å². The van der Waals surface area contributed by atoms with E-state index in [4.69, 9.17) is 5.73 Å². The molecule has 1 heterocycles. The number of H-pyrrole nitrogens is 1. The Kier molecular flexibility index (Phi) is 4.42. The summed E-state index contributed by atoms with van der Waals surface area (Å²) in [6, 6.07) is 8.11. The Morgan fingerprint density at radius 3 is 2.78 bits per heavy atom. The number of aromatic amines is 1. The Morgan fingerprint density at radius 2 is 2.06 bits per heavy atom. The highest BCUT2D eigenvalue weighted by Crippen LogP contribution is 2.34.